The molecule has 1 rings (SSSR count). The van der Waals surface area contributed by atoms with E-state index in [1.807, 2.05) is 19.1 Å². The zero-order chi connectivity index (χ0) is 13.8. The minimum absolute atomic E-state index is 0.253. The second-order valence-corrected chi connectivity index (χ2v) is 4.51. The van der Waals surface area contributed by atoms with E-state index in [0.29, 0.717) is 0 Å². The maximum atomic E-state index is 11.5. The summed E-state index contributed by atoms with van der Waals surface area (Å²) in [5.41, 5.74) is 0.281. The Balaban J connectivity index is 2.50. The summed E-state index contributed by atoms with van der Waals surface area (Å²) in [7, 11) is 0. The highest BCUT2D eigenvalue weighted by molar-refractivity contribution is 5.85. The lowest BCUT2D eigenvalue weighted by Crippen LogP contribution is -2.53. The maximum Gasteiger partial charge on any atom is 0.328 e. The van der Waals surface area contributed by atoms with Crippen LogP contribution < -0.4 is 10.6 Å². The summed E-state index contributed by atoms with van der Waals surface area (Å²) in [4.78, 5) is 26.5. The summed E-state index contributed by atoms with van der Waals surface area (Å²) < 4.78 is 0. The van der Waals surface area contributed by atoms with Crippen molar-refractivity contribution in [3.63, 3.8) is 0 Å². The molecule has 0 spiro atoms. The van der Waals surface area contributed by atoms with Gasteiger partial charge in [0.25, 0.3) is 0 Å². The van der Waals surface area contributed by atoms with Gasteiger partial charge in [0.15, 0.2) is 0 Å². The molecule has 1 aromatic heterocycles. The Bertz CT molecular complexity index is 458. The summed E-state index contributed by atoms with van der Waals surface area (Å²) in [6, 6.07) is 4.95. The second kappa shape index (κ2) is 5.48. The number of hydrogen-bond donors (Lipinski definition) is 3. The van der Waals surface area contributed by atoms with Gasteiger partial charge < -0.3 is 15.7 Å². The summed E-state index contributed by atoms with van der Waals surface area (Å²) in [6.45, 7) is 4.94. The Labute approximate surface area is 105 Å². The first kappa shape index (κ1) is 14.0. The first-order chi connectivity index (χ1) is 8.31. The third-order valence-corrected chi connectivity index (χ3v) is 2.34. The van der Waals surface area contributed by atoms with Crippen LogP contribution in [-0.2, 0) is 11.3 Å². The number of carboxylic acids is 1. The molecule has 98 valence electrons. The molecule has 0 atom stereocenters. The van der Waals surface area contributed by atoms with Crippen LogP contribution in [0.4, 0.5) is 4.79 Å². The van der Waals surface area contributed by atoms with Crippen molar-refractivity contribution in [1.29, 1.82) is 0 Å². The lowest BCUT2D eigenvalue weighted by Gasteiger charge is -2.21. The molecule has 6 heteroatoms. The number of urea groups is 1. The number of carboxylic acid groups (broad SMARTS) is 1. The molecule has 0 aliphatic heterocycles. The first-order valence-electron chi connectivity index (χ1n) is 5.53. The SMILES string of the molecule is Cc1cccc(CNC(=O)NC(C)(C)C(=O)O)n1. The topological polar surface area (TPSA) is 91.3 Å². The van der Waals surface area contributed by atoms with Gasteiger partial charge in [0.05, 0.1) is 12.2 Å². The van der Waals surface area contributed by atoms with E-state index in [4.69, 9.17) is 5.11 Å². The molecule has 3 N–H and O–H groups in total. The highest BCUT2D eigenvalue weighted by Gasteiger charge is 2.28. The van der Waals surface area contributed by atoms with Crippen molar-refractivity contribution in [1.82, 2.24) is 15.6 Å². The Morgan fingerprint density at radius 1 is 1.39 bits per heavy atom. The zero-order valence-electron chi connectivity index (χ0n) is 10.7. The predicted octanol–water partition coefficient (Wildman–Crippen LogP) is 1.05. The van der Waals surface area contributed by atoms with Crippen LogP contribution in [0, 0.1) is 6.92 Å². The Hall–Kier alpha value is -2.11. The zero-order valence-corrected chi connectivity index (χ0v) is 10.7. The van der Waals surface area contributed by atoms with Crippen LogP contribution in [-0.4, -0.2) is 27.6 Å². The number of carbonyl (C=O) groups is 2. The summed E-state index contributed by atoms with van der Waals surface area (Å²) in [6.07, 6.45) is 0. The van der Waals surface area contributed by atoms with Crippen LogP contribution in [0.25, 0.3) is 0 Å². The number of hydrogen-bond acceptors (Lipinski definition) is 3. The van der Waals surface area contributed by atoms with Gasteiger partial charge in [-0.2, -0.15) is 0 Å². The van der Waals surface area contributed by atoms with Crippen molar-refractivity contribution in [3.8, 4) is 0 Å². The van der Waals surface area contributed by atoms with Crippen molar-refractivity contribution in [3.05, 3.63) is 29.6 Å². The Morgan fingerprint density at radius 3 is 2.61 bits per heavy atom. The summed E-state index contributed by atoms with van der Waals surface area (Å²) in [5.74, 6) is -1.09. The van der Waals surface area contributed by atoms with E-state index in [2.05, 4.69) is 15.6 Å². The molecule has 0 bridgehead atoms. The number of aromatic nitrogens is 1. The quantitative estimate of drug-likeness (QED) is 0.746. The molecule has 0 aliphatic carbocycles. The number of rotatable bonds is 4. The molecule has 0 aliphatic rings. The standard InChI is InChI=1S/C12H17N3O3/c1-8-5-4-6-9(14-8)7-13-11(18)15-12(2,3)10(16)17/h4-6H,7H2,1-3H3,(H,16,17)(H2,13,15,18). The monoisotopic (exact) mass is 251 g/mol. The van der Waals surface area contributed by atoms with Crippen LogP contribution in [0.15, 0.2) is 18.2 Å². The van der Waals surface area contributed by atoms with Gasteiger partial charge in [0.2, 0.25) is 0 Å². The molecular formula is C12H17N3O3. The fourth-order valence-corrected chi connectivity index (χ4v) is 1.25. The summed E-state index contributed by atoms with van der Waals surface area (Å²) in [5, 5.41) is 13.8. The maximum absolute atomic E-state index is 11.5. The Kier molecular flexibility index (Phi) is 4.25. The van der Waals surface area contributed by atoms with E-state index in [-0.39, 0.29) is 6.54 Å². The minimum atomic E-state index is -1.30. The van der Waals surface area contributed by atoms with Crippen LogP contribution in [0.2, 0.25) is 0 Å². The average Bonchev–Trinajstić information content (AvgIpc) is 2.25. The molecule has 0 saturated carbocycles. The average molecular weight is 251 g/mol. The van der Waals surface area contributed by atoms with Crippen molar-refractivity contribution in [2.24, 2.45) is 0 Å². The van der Waals surface area contributed by atoms with E-state index in [9.17, 15) is 9.59 Å². The molecule has 0 unspecified atom stereocenters. The van der Waals surface area contributed by atoms with E-state index < -0.39 is 17.5 Å². The normalized spacial score (nSPS) is 10.8. The number of carbonyl (C=O) groups excluding carboxylic acids is 1. The van der Waals surface area contributed by atoms with Crippen LogP contribution in [0.5, 0.6) is 0 Å². The van der Waals surface area contributed by atoms with E-state index in [1.54, 1.807) is 6.07 Å². The van der Waals surface area contributed by atoms with Crippen LogP contribution >= 0.6 is 0 Å². The summed E-state index contributed by atoms with van der Waals surface area (Å²) >= 11 is 0. The van der Waals surface area contributed by atoms with Crippen molar-refractivity contribution in [2.75, 3.05) is 0 Å². The highest BCUT2D eigenvalue weighted by Crippen LogP contribution is 2.01. The van der Waals surface area contributed by atoms with Gasteiger partial charge in [-0.3, -0.25) is 4.98 Å². The number of nitrogens with zero attached hydrogens (tertiary/aromatic N) is 1. The van der Waals surface area contributed by atoms with Gasteiger partial charge in [0.1, 0.15) is 5.54 Å². The number of amides is 2. The van der Waals surface area contributed by atoms with Crippen molar-refractivity contribution < 1.29 is 14.7 Å². The van der Waals surface area contributed by atoms with E-state index >= 15 is 0 Å². The molecule has 6 nitrogen and oxygen atoms in total. The highest BCUT2D eigenvalue weighted by atomic mass is 16.4. The number of nitrogens with one attached hydrogen (secondary N) is 2. The largest absolute Gasteiger partial charge is 0.480 e. The third-order valence-electron chi connectivity index (χ3n) is 2.34. The van der Waals surface area contributed by atoms with Gasteiger partial charge in [-0.05, 0) is 32.9 Å². The van der Waals surface area contributed by atoms with Gasteiger partial charge in [-0.25, -0.2) is 9.59 Å². The van der Waals surface area contributed by atoms with Crippen molar-refractivity contribution in [2.45, 2.75) is 32.9 Å². The Morgan fingerprint density at radius 2 is 2.06 bits per heavy atom. The van der Waals surface area contributed by atoms with Gasteiger partial charge in [-0.15, -0.1) is 0 Å². The molecule has 0 fully saturated rings. The minimum Gasteiger partial charge on any atom is -0.480 e. The van der Waals surface area contributed by atoms with Gasteiger partial charge in [0, 0.05) is 5.69 Å². The predicted molar refractivity (Wildman–Crippen MR) is 66.1 cm³/mol. The number of aliphatic carboxylic acids is 1. The second-order valence-electron chi connectivity index (χ2n) is 4.51. The molecular weight excluding hydrogens is 234 g/mol. The molecule has 2 amide bonds. The fraction of sp³-hybridized carbons (Fsp3) is 0.417. The van der Waals surface area contributed by atoms with Gasteiger partial charge in [-0.1, -0.05) is 6.07 Å². The molecule has 0 saturated heterocycles. The van der Waals surface area contributed by atoms with Crippen molar-refractivity contribution >= 4 is 12.0 Å². The lowest BCUT2D eigenvalue weighted by atomic mass is 10.1. The lowest BCUT2D eigenvalue weighted by molar-refractivity contribution is -0.142. The molecule has 1 aromatic rings. The number of pyridine rings is 1. The molecule has 1 heterocycles. The molecule has 0 radical (unpaired) electrons. The van der Waals surface area contributed by atoms with Gasteiger partial charge >= 0.3 is 12.0 Å². The first-order valence-corrected chi connectivity index (χ1v) is 5.53. The fourth-order valence-electron chi connectivity index (χ4n) is 1.25. The smallest absolute Gasteiger partial charge is 0.328 e. The van der Waals surface area contributed by atoms with E-state index in [1.165, 1.54) is 13.8 Å². The van der Waals surface area contributed by atoms with Crippen LogP contribution in [0.3, 0.4) is 0 Å². The third kappa shape index (κ3) is 4.04. The number of aryl methyl sites for hydroxylation is 1. The van der Waals surface area contributed by atoms with E-state index in [0.717, 1.165) is 11.4 Å². The molecule has 0 aromatic carbocycles. The van der Waals surface area contributed by atoms with Crippen LogP contribution in [0.1, 0.15) is 25.2 Å². The molecule has 18 heavy (non-hydrogen) atoms.